The number of aliphatic hydroxyl groups excluding tert-OH is 1. The predicted molar refractivity (Wildman–Crippen MR) is 133 cm³/mol. The van der Waals surface area contributed by atoms with Crippen LogP contribution in [0.25, 0.3) is 0 Å². The van der Waals surface area contributed by atoms with Crippen LogP contribution in [0.5, 0.6) is 0 Å². The molecule has 0 radical (unpaired) electrons. The van der Waals surface area contributed by atoms with Gasteiger partial charge in [-0.2, -0.15) is 0 Å². The standard InChI is InChI=1S/C28H35NO4S/c1-17-12-20-21-8-10-28(33,24(32)16-34-15-18-6-4-5-11-29-18)27(21,3)14-23(31)25(20)26(2)9-7-19(30)13-22(17)26/h4-7,9,11,13,17,20-21,23,25,31,33H,8,10,12,14-16H2,1-3H3/t17-,20?,21?,23?,25?,26?,27?,28-/m0/s1. The molecule has 182 valence electrons. The van der Waals surface area contributed by atoms with Crippen molar-refractivity contribution in [3.63, 3.8) is 0 Å². The molecule has 6 unspecified atom stereocenters. The Morgan fingerprint density at radius 3 is 2.82 bits per heavy atom. The van der Waals surface area contributed by atoms with Crippen LogP contribution in [0, 0.1) is 34.5 Å². The average molecular weight is 482 g/mol. The molecule has 0 aromatic carbocycles. The van der Waals surface area contributed by atoms with Crippen molar-refractivity contribution < 1.29 is 19.8 Å². The van der Waals surface area contributed by atoms with Crippen molar-refractivity contribution in [1.82, 2.24) is 4.98 Å². The summed E-state index contributed by atoms with van der Waals surface area (Å²) < 4.78 is 0. The zero-order valence-electron chi connectivity index (χ0n) is 20.2. The van der Waals surface area contributed by atoms with E-state index in [2.05, 4.69) is 18.8 Å². The van der Waals surface area contributed by atoms with Crippen LogP contribution in [0.4, 0.5) is 0 Å². The van der Waals surface area contributed by atoms with Crippen LogP contribution in [0.15, 0.2) is 48.2 Å². The molecule has 1 aromatic heterocycles. The van der Waals surface area contributed by atoms with Gasteiger partial charge >= 0.3 is 0 Å². The fourth-order valence-electron chi connectivity index (χ4n) is 8.06. The van der Waals surface area contributed by atoms with E-state index in [1.807, 2.05) is 31.2 Å². The Morgan fingerprint density at radius 1 is 1.29 bits per heavy atom. The SMILES string of the molecule is C[C@H]1CC2C(C(O)CC3(C)C2CC[C@]3(O)C(=O)CSCc2ccccn2)C2(C)C=CC(=O)C=C12. The summed E-state index contributed by atoms with van der Waals surface area (Å²) in [5, 5.41) is 23.4. The number of ketones is 2. The lowest BCUT2D eigenvalue weighted by molar-refractivity contribution is -0.176. The maximum atomic E-state index is 13.4. The van der Waals surface area contributed by atoms with Crippen molar-refractivity contribution in [2.75, 3.05) is 5.75 Å². The smallest absolute Gasteiger partial charge is 0.178 e. The lowest BCUT2D eigenvalue weighted by Gasteiger charge is -2.60. The molecule has 1 aromatic rings. The maximum absolute atomic E-state index is 13.4. The van der Waals surface area contributed by atoms with Gasteiger partial charge in [-0.05, 0) is 67.7 Å². The summed E-state index contributed by atoms with van der Waals surface area (Å²) in [4.78, 5) is 29.9. The van der Waals surface area contributed by atoms with Gasteiger partial charge in [-0.25, -0.2) is 0 Å². The highest BCUT2D eigenvalue weighted by Crippen LogP contribution is 2.67. The summed E-state index contributed by atoms with van der Waals surface area (Å²) in [6.45, 7) is 6.36. The highest BCUT2D eigenvalue weighted by atomic mass is 32.2. The van der Waals surface area contributed by atoms with E-state index >= 15 is 0 Å². The topological polar surface area (TPSA) is 87.5 Å². The minimum atomic E-state index is -1.42. The van der Waals surface area contributed by atoms with Gasteiger partial charge in [-0.1, -0.05) is 38.5 Å². The van der Waals surface area contributed by atoms with Gasteiger partial charge in [-0.3, -0.25) is 14.6 Å². The Bertz CT molecular complexity index is 1050. The molecule has 0 bridgehead atoms. The van der Waals surface area contributed by atoms with Crippen molar-refractivity contribution in [3.8, 4) is 0 Å². The first-order valence-electron chi connectivity index (χ1n) is 12.5. The van der Waals surface area contributed by atoms with E-state index in [0.29, 0.717) is 18.6 Å². The number of rotatable bonds is 5. The molecule has 4 aliphatic carbocycles. The molecular weight excluding hydrogens is 446 g/mol. The molecule has 34 heavy (non-hydrogen) atoms. The van der Waals surface area contributed by atoms with E-state index < -0.39 is 17.1 Å². The fraction of sp³-hybridized carbons (Fsp3) is 0.607. The van der Waals surface area contributed by atoms with E-state index in [1.165, 1.54) is 11.8 Å². The van der Waals surface area contributed by atoms with Gasteiger partial charge in [0.2, 0.25) is 0 Å². The minimum absolute atomic E-state index is 0.00615. The van der Waals surface area contributed by atoms with Crippen molar-refractivity contribution in [3.05, 3.63) is 53.9 Å². The van der Waals surface area contributed by atoms with Crippen molar-refractivity contribution in [2.24, 2.45) is 34.5 Å². The molecule has 0 spiro atoms. The van der Waals surface area contributed by atoms with Gasteiger partial charge in [0, 0.05) is 28.7 Å². The first-order valence-corrected chi connectivity index (χ1v) is 13.6. The summed E-state index contributed by atoms with van der Waals surface area (Å²) in [6, 6.07) is 5.75. The Labute approximate surface area is 206 Å². The molecule has 3 saturated carbocycles. The third kappa shape index (κ3) is 3.48. The zero-order valence-corrected chi connectivity index (χ0v) is 21.1. The van der Waals surface area contributed by atoms with Crippen molar-refractivity contribution in [2.45, 2.75) is 63.9 Å². The number of carbonyl (C=O) groups excluding carboxylic acids is 2. The number of aromatic nitrogens is 1. The first-order chi connectivity index (χ1) is 16.1. The number of hydrogen-bond donors (Lipinski definition) is 2. The van der Waals surface area contributed by atoms with Crippen molar-refractivity contribution >= 4 is 23.3 Å². The van der Waals surface area contributed by atoms with Crippen LogP contribution in [-0.4, -0.2) is 44.2 Å². The molecule has 4 aliphatic rings. The number of allylic oxidation sites excluding steroid dienone is 4. The van der Waals surface area contributed by atoms with Crippen LogP contribution >= 0.6 is 11.8 Å². The first kappa shape index (κ1) is 24.0. The third-order valence-electron chi connectivity index (χ3n) is 9.64. The largest absolute Gasteiger partial charge is 0.393 e. The molecule has 0 aliphatic heterocycles. The summed E-state index contributed by atoms with van der Waals surface area (Å²) in [7, 11) is 0. The fourth-order valence-corrected chi connectivity index (χ4v) is 8.97. The molecule has 8 atom stereocenters. The summed E-state index contributed by atoms with van der Waals surface area (Å²) in [5.41, 5.74) is -0.383. The van der Waals surface area contributed by atoms with Crippen LogP contribution in [0.1, 0.15) is 52.1 Å². The number of nitrogens with zero attached hydrogens (tertiary/aromatic N) is 1. The van der Waals surface area contributed by atoms with Crippen LogP contribution in [0.2, 0.25) is 0 Å². The van der Waals surface area contributed by atoms with Gasteiger partial charge in [0.05, 0.1) is 17.6 Å². The Kier molecular flexibility index (Phi) is 5.93. The highest BCUT2D eigenvalue weighted by molar-refractivity contribution is 7.99. The monoisotopic (exact) mass is 481 g/mol. The summed E-state index contributed by atoms with van der Waals surface area (Å²) in [6.07, 6.45) is 9.07. The van der Waals surface area contributed by atoms with Gasteiger partial charge < -0.3 is 10.2 Å². The molecule has 6 heteroatoms. The van der Waals surface area contributed by atoms with E-state index in [0.717, 1.165) is 24.1 Å². The number of pyridine rings is 1. The molecule has 0 saturated heterocycles. The third-order valence-corrected chi connectivity index (χ3v) is 10.6. The maximum Gasteiger partial charge on any atom is 0.178 e. The minimum Gasteiger partial charge on any atom is -0.393 e. The normalized spacial score (nSPS) is 43.0. The van der Waals surface area contributed by atoms with Gasteiger partial charge in [0.1, 0.15) is 5.60 Å². The van der Waals surface area contributed by atoms with Crippen LogP contribution in [0.3, 0.4) is 0 Å². The predicted octanol–water partition coefficient (Wildman–Crippen LogP) is 4.14. The Hall–Kier alpha value is -1.76. The second kappa shape index (κ2) is 8.42. The summed E-state index contributed by atoms with van der Waals surface area (Å²) in [5.74, 6) is 1.37. The Balaban J connectivity index is 1.38. The second-order valence-corrected chi connectivity index (χ2v) is 12.4. The molecule has 3 fully saturated rings. The highest BCUT2D eigenvalue weighted by Gasteiger charge is 2.68. The molecule has 5 nitrogen and oxygen atoms in total. The van der Waals surface area contributed by atoms with Gasteiger partial charge in [-0.15, -0.1) is 11.8 Å². The molecule has 1 heterocycles. The molecule has 0 amide bonds. The van der Waals surface area contributed by atoms with Gasteiger partial charge in [0.15, 0.2) is 11.6 Å². The molecule has 5 rings (SSSR count). The molecular formula is C28H35NO4S. The lowest BCUT2D eigenvalue weighted by atomic mass is 9.45. The number of aliphatic hydroxyl groups is 2. The van der Waals surface area contributed by atoms with E-state index in [4.69, 9.17) is 0 Å². The average Bonchev–Trinajstić information content (AvgIpc) is 3.07. The quantitative estimate of drug-likeness (QED) is 0.657. The van der Waals surface area contributed by atoms with E-state index in [-0.39, 0.29) is 46.4 Å². The number of Topliss-reactive ketones (excluding diaryl/α,β-unsaturated/α-hetero) is 1. The molecule has 2 N–H and O–H groups in total. The number of fused-ring (bicyclic) bond motifs is 5. The van der Waals surface area contributed by atoms with Gasteiger partial charge in [0.25, 0.3) is 0 Å². The number of hydrogen-bond acceptors (Lipinski definition) is 6. The van der Waals surface area contributed by atoms with E-state index in [9.17, 15) is 19.8 Å². The van der Waals surface area contributed by atoms with Crippen molar-refractivity contribution in [1.29, 1.82) is 0 Å². The Morgan fingerprint density at radius 2 is 2.09 bits per heavy atom. The van der Waals surface area contributed by atoms with Crippen LogP contribution < -0.4 is 0 Å². The van der Waals surface area contributed by atoms with E-state index in [1.54, 1.807) is 18.3 Å². The summed E-state index contributed by atoms with van der Waals surface area (Å²) >= 11 is 1.49. The lowest BCUT2D eigenvalue weighted by Crippen LogP contribution is -2.62. The number of carbonyl (C=O) groups is 2. The second-order valence-electron chi connectivity index (χ2n) is 11.4. The number of thioether (sulfide) groups is 1. The zero-order chi connectivity index (χ0) is 24.3. The van der Waals surface area contributed by atoms with Crippen LogP contribution in [-0.2, 0) is 15.3 Å².